The Hall–Kier alpha value is -0.0400. The van der Waals surface area contributed by atoms with Crippen LogP contribution in [-0.2, 0) is 0 Å². The fourth-order valence-electron chi connectivity index (χ4n) is 1.88. The van der Waals surface area contributed by atoms with Gasteiger partial charge in [-0.2, -0.15) is 0 Å². The van der Waals surface area contributed by atoms with Gasteiger partial charge in [0.05, 0.1) is 0 Å². The van der Waals surface area contributed by atoms with Crippen molar-refractivity contribution in [3.05, 3.63) is 0 Å². The van der Waals surface area contributed by atoms with Crippen molar-refractivity contribution in [1.29, 1.82) is 0 Å². The van der Waals surface area contributed by atoms with Crippen molar-refractivity contribution in [3.8, 4) is 0 Å². The predicted octanol–water partition coefficient (Wildman–Crippen LogP) is 2.52. The predicted molar refractivity (Wildman–Crippen MR) is 49.7 cm³/mol. The molecule has 2 rings (SSSR count). The SMILES string of the molecule is CC.CCN1CCC2(CC2)C1. The highest BCUT2D eigenvalue weighted by atomic mass is 15.2. The van der Waals surface area contributed by atoms with Crippen LogP contribution in [0.1, 0.15) is 40.0 Å². The molecule has 0 amide bonds. The summed E-state index contributed by atoms with van der Waals surface area (Å²) in [6.07, 6.45) is 4.52. The molecule has 1 nitrogen and oxygen atoms in total. The summed E-state index contributed by atoms with van der Waals surface area (Å²) < 4.78 is 0. The van der Waals surface area contributed by atoms with E-state index in [2.05, 4.69) is 11.8 Å². The van der Waals surface area contributed by atoms with Crippen molar-refractivity contribution in [2.45, 2.75) is 40.0 Å². The average Bonchev–Trinajstić information content (AvgIpc) is 2.67. The largest absolute Gasteiger partial charge is 0.303 e. The molecule has 11 heavy (non-hydrogen) atoms. The van der Waals surface area contributed by atoms with E-state index in [-0.39, 0.29) is 0 Å². The van der Waals surface area contributed by atoms with E-state index in [4.69, 9.17) is 0 Å². The molecule has 1 aliphatic carbocycles. The quantitative estimate of drug-likeness (QED) is 0.562. The lowest BCUT2D eigenvalue weighted by molar-refractivity contribution is 0.337. The summed E-state index contributed by atoms with van der Waals surface area (Å²) in [5, 5.41) is 0. The maximum absolute atomic E-state index is 2.58. The first kappa shape index (κ1) is 9.05. The minimum Gasteiger partial charge on any atom is -0.303 e. The molecule has 0 atom stereocenters. The molecule has 66 valence electrons. The summed E-state index contributed by atoms with van der Waals surface area (Å²) in [6, 6.07) is 0. The lowest BCUT2D eigenvalue weighted by Crippen LogP contribution is -2.19. The minimum atomic E-state index is 0.843. The third-order valence-electron chi connectivity index (χ3n) is 2.92. The van der Waals surface area contributed by atoms with Gasteiger partial charge < -0.3 is 4.90 Å². The van der Waals surface area contributed by atoms with Gasteiger partial charge in [-0.25, -0.2) is 0 Å². The normalized spacial score (nSPS) is 26.5. The highest BCUT2D eigenvalue weighted by Crippen LogP contribution is 2.52. The van der Waals surface area contributed by atoms with Crippen LogP contribution >= 0.6 is 0 Å². The van der Waals surface area contributed by atoms with Gasteiger partial charge in [0.15, 0.2) is 0 Å². The van der Waals surface area contributed by atoms with Gasteiger partial charge in [0.25, 0.3) is 0 Å². The Morgan fingerprint density at radius 1 is 1.18 bits per heavy atom. The molecule has 1 saturated heterocycles. The fraction of sp³-hybridized carbons (Fsp3) is 1.00. The Bertz CT molecular complexity index is 116. The molecule has 1 saturated carbocycles. The molecule has 2 aliphatic rings. The Kier molecular flexibility index (Phi) is 2.94. The molecule has 1 spiro atoms. The van der Waals surface area contributed by atoms with Crippen LogP contribution in [0, 0.1) is 5.41 Å². The molecule has 0 aromatic rings. The van der Waals surface area contributed by atoms with E-state index in [0.717, 1.165) is 5.41 Å². The van der Waals surface area contributed by atoms with Crippen LogP contribution in [0.3, 0.4) is 0 Å². The Morgan fingerprint density at radius 3 is 2.09 bits per heavy atom. The van der Waals surface area contributed by atoms with E-state index in [9.17, 15) is 0 Å². The summed E-state index contributed by atoms with van der Waals surface area (Å²) in [5.41, 5.74) is 0.843. The first-order chi connectivity index (χ1) is 5.35. The van der Waals surface area contributed by atoms with Crippen molar-refractivity contribution in [1.82, 2.24) is 4.90 Å². The maximum atomic E-state index is 2.58. The van der Waals surface area contributed by atoms with Crippen LogP contribution in [0.15, 0.2) is 0 Å². The summed E-state index contributed by atoms with van der Waals surface area (Å²) in [6.45, 7) is 10.3. The number of nitrogens with zero attached hydrogens (tertiary/aromatic N) is 1. The number of likely N-dealkylation sites (tertiary alicyclic amines) is 1. The monoisotopic (exact) mass is 155 g/mol. The van der Waals surface area contributed by atoms with Gasteiger partial charge in [0, 0.05) is 6.54 Å². The smallest absolute Gasteiger partial charge is 0.00383 e. The van der Waals surface area contributed by atoms with Gasteiger partial charge in [-0.15, -0.1) is 0 Å². The maximum Gasteiger partial charge on any atom is 0.00383 e. The standard InChI is InChI=1S/C8H15N.C2H6/c1-2-9-6-5-8(7-9)3-4-8;1-2/h2-7H2,1H3;1-2H3. The summed E-state index contributed by atoms with van der Waals surface area (Å²) in [5.74, 6) is 0. The van der Waals surface area contributed by atoms with E-state index in [0.29, 0.717) is 0 Å². The highest BCUT2D eigenvalue weighted by Gasteiger charge is 2.46. The van der Waals surface area contributed by atoms with Crippen LogP contribution in [0.25, 0.3) is 0 Å². The second-order valence-electron chi connectivity index (χ2n) is 3.62. The topological polar surface area (TPSA) is 3.24 Å². The molecular formula is C10H21N. The van der Waals surface area contributed by atoms with Crippen molar-refractivity contribution in [3.63, 3.8) is 0 Å². The van der Waals surface area contributed by atoms with Gasteiger partial charge in [-0.3, -0.25) is 0 Å². The van der Waals surface area contributed by atoms with E-state index in [1.807, 2.05) is 13.8 Å². The zero-order valence-electron chi connectivity index (χ0n) is 8.19. The molecule has 1 heteroatoms. The van der Waals surface area contributed by atoms with Gasteiger partial charge in [0.1, 0.15) is 0 Å². The first-order valence-electron chi connectivity index (χ1n) is 5.07. The lowest BCUT2D eigenvalue weighted by atomic mass is 10.1. The Balaban J connectivity index is 0.000000281. The van der Waals surface area contributed by atoms with Gasteiger partial charge in [-0.05, 0) is 37.8 Å². The molecule has 1 heterocycles. The Morgan fingerprint density at radius 2 is 1.82 bits per heavy atom. The molecular weight excluding hydrogens is 134 g/mol. The van der Waals surface area contributed by atoms with Gasteiger partial charge in [-0.1, -0.05) is 20.8 Å². The van der Waals surface area contributed by atoms with Crippen LogP contribution in [0.2, 0.25) is 0 Å². The van der Waals surface area contributed by atoms with Crippen LogP contribution in [0.5, 0.6) is 0 Å². The van der Waals surface area contributed by atoms with Crippen LogP contribution in [0.4, 0.5) is 0 Å². The number of hydrogen-bond donors (Lipinski definition) is 0. The van der Waals surface area contributed by atoms with Gasteiger partial charge >= 0.3 is 0 Å². The van der Waals surface area contributed by atoms with E-state index in [1.54, 1.807) is 0 Å². The lowest BCUT2D eigenvalue weighted by Gasteiger charge is -2.10. The van der Waals surface area contributed by atoms with Crippen LogP contribution < -0.4 is 0 Å². The summed E-state index contributed by atoms with van der Waals surface area (Å²) in [7, 11) is 0. The molecule has 0 radical (unpaired) electrons. The highest BCUT2D eigenvalue weighted by molar-refractivity contribution is 4.99. The van der Waals surface area contributed by atoms with Crippen molar-refractivity contribution >= 4 is 0 Å². The third kappa shape index (κ3) is 1.96. The average molecular weight is 155 g/mol. The molecule has 0 N–H and O–H groups in total. The van der Waals surface area contributed by atoms with Crippen molar-refractivity contribution in [2.24, 2.45) is 5.41 Å². The van der Waals surface area contributed by atoms with E-state index >= 15 is 0 Å². The van der Waals surface area contributed by atoms with Crippen molar-refractivity contribution in [2.75, 3.05) is 19.6 Å². The van der Waals surface area contributed by atoms with E-state index < -0.39 is 0 Å². The molecule has 0 aromatic carbocycles. The fourth-order valence-corrected chi connectivity index (χ4v) is 1.88. The van der Waals surface area contributed by atoms with E-state index in [1.165, 1.54) is 38.9 Å². The summed E-state index contributed by atoms with van der Waals surface area (Å²) >= 11 is 0. The van der Waals surface area contributed by atoms with Crippen molar-refractivity contribution < 1.29 is 0 Å². The van der Waals surface area contributed by atoms with Gasteiger partial charge in [0.2, 0.25) is 0 Å². The van der Waals surface area contributed by atoms with Crippen LogP contribution in [-0.4, -0.2) is 24.5 Å². The molecule has 1 aliphatic heterocycles. The molecule has 0 aromatic heterocycles. The molecule has 2 fully saturated rings. The molecule has 0 bridgehead atoms. The summed E-state index contributed by atoms with van der Waals surface area (Å²) in [4.78, 5) is 2.58. The zero-order valence-corrected chi connectivity index (χ0v) is 8.19. The second kappa shape index (κ2) is 3.57. The first-order valence-corrected chi connectivity index (χ1v) is 5.07. The number of rotatable bonds is 1. The zero-order chi connectivity index (χ0) is 8.32. The third-order valence-corrected chi connectivity index (χ3v) is 2.92. The molecule has 0 unspecified atom stereocenters. The number of hydrogen-bond acceptors (Lipinski definition) is 1. The Labute approximate surface area is 70.8 Å². The minimum absolute atomic E-state index is 0.843. The second-order valence-corrected chi connectivity index (χ2v) is 3.62.